The van der Waals surface area contributed by atoms with Crippen LogP contribution in [0.25, 0.3) is 11.1 Å². The molecule has 1 aromatic carbocycles. The highest BCUT2D eigenvalue weighted by Crippen LogP contribution is 2.38. The van der Waals surface area contributed by atoms with Crippen LogP contribution in [0.1, 0.15) is 40.4 Å². The van der Waals surface area contributed by atoms with Gasteiger partial charge in [-0.15, -0.1) is 11.3 Å². The van der Waals surface area contributed by atoms with Crippen molar-refractivity contribution in [1.29, 1.82) is 0 Å². The molecule has 92 valence electrons. The summed E-state index contributed by atoms with van der Waals surface area (Å²) in [5.74, 6) is -0.161. The smallest absolute Gasteiger partial charge is 0.346 e. The first-order chi connectivity index (χ1) is 8.75. The van der Waals surface area contributed by atoms with Crippen LogP contribution in [-0.2, 0) is 0 Å². The van der Waals surface area contributed by atoms with Gasteiger partial charge in [-0.05, 0) is 41.3 Å². The Morgan fingerprint density at radius 2 is 2.11 bits per heavy atom. The Morgan fingerprint density at radius 3 is 2.78 bits per heavy atom. The predicted octanol–water partition coefficient (Wildman–Crippen LogP) is 4.38. The van der Waals surface area contributed by atoms with Crippen LogP contribution in [0.2, 0.25) is 0 Å². The number of carboxylic acids is 1. The number of hydrogen-bond donors (Lipinski definition) is 1. The van der Waals surface area contributed by atoms with Crippen molar-refractivity contribution in [1.82, 2.24) is 0 Å². The molecule has 1 N–H and O–H groups in total. The number of carboxylic acid groups (broad SMARTS) is 1. The minimum atomic E-state index is -0.839. The van der Waals surface area contributed by atoms with Gasteiger partial charge in [0.25, 0.3) is 0 Å². The average Bonchev–Trinajstić information content (AvgIpc) is 2.76. The minimum Gasteiger partial charge on any atom is -0.477 e. The molecular weight excluding hydrogens is 244 g/mol. The van der Waals surface area contributed by atoms with E-state index in [0.29, 0.717) is 10.8 Å². The molecule has 1 heterocycles. The molecule has 0 unspecified atom stereocenters. The standard InChI is InChI=1S/C15H14O2S/c16-15(17)14-13(7-8-18-14)12-6-2-5-11(9-12)10-3-1-4-10/h2,5-10H,1,3-4H2,(H,16,17). The highest BCUT2D eigenvalue weighted by atomic mass is 32.1. The first-order valence-corrected chi connectivity index (χ1v) is 7.05. The largest absolute Gasteiger partial charge is 0.477 e. The van der Waals surface area contributed by atoms with Gasteiger partial charge in [0.2, 0.25) is 0 Å². The average molecular weight is 258 g/mol. The molecular formula is C15H14O2S. The van der Waals surface area contributed by atoms with Gasteiger partial charge in [0, 0.05) is 5.56 Å². The summed E-state index contributed by atoms with van der Waals surface area (Å²) in [6.07, 6.45) is 3.84. The molecule has 0 amide bonds. The van der Waals surface area contributed by atoms with E-state index in [1.165, 1.54) is 36.2 Å². The molecule has 0 bridgehead atoms. The van der Waals surface area contributed by atoms with E-state index in [0.717, 1.165) is 11.1 Å². The number of benzene rings is 1. The summed E-state index contributed by atoms with van der Waals surface area (Å²) < 4.78 is 0. The van der Waals surface area contributed by atoms with E-state index >= 15 is 0 Å². The fourth-order valence-corrected chi connectivity index (χ4v) is 3.16. The molecule has 1 aliphatic rings. The second-order valence-corrected chi connectivity index (χ2v) is 5.64. The lowest BCUT2D eigenvalue weighted by Crippen LogP contribution is -2.08. The van der Waals surface area contributed by atoms with E-state index in [2.05, 4.69) is 12.1 Å². The lowest BCUT2D eigenvalue weighted by Gasteiger charge is -2.26. The summed E-state index contributed by atoms with van der Waals surface area (Å²) in [4.78, 5) is 11.6. The summed E-state index contributed by atoms with van der Waals surface area (Å²) in [6.45, 7) is 0. The Hall–Kier alpha value is -1.61. The molecule has 0 atom stereocenters. The number of carbonyl (C=O) groups is 1. The van der Waals surface area contributed by atoms with Crippen molar-refractivity contribution in [2.45, 2.75) is 25.2 Å². The molecule has 2 aromatic rings. The van der Waals surface area contributed by atoms with E-state index in [1.54, 1.807) is 0 Å². The fourth-order valence-electron chi connectivity index (χ4n) is 2.40. The molecule has 3 heteroatoms. The van der Waals surface area contributed by atoms with Crippen molar-refractivity contribution in [2.24, 2.45) is 0 Å². The van der Waals surface area contributed by atoms with Crippen LogP contribution in [0.3, 0.4) is 0 Å². The normalized spacial score (nSPS) is 15.3. The van der Waals surface area contributed by atoms with Crippen molar-refractivity contribution >= 4 is 17.3 Å². The maximum Gasteiger partial charge on any atom is 0.346 e. The second-order valence-electron chi connectivity index (χ2n) is 4.72. The molecule has 3 rings (SSSR count). The van der Waals surface area contributed by atoms with Crippen molar-refractivity contribution < 1.29 is 9.90 Å². The molecule has 1 aliphatic carbocycles. The van der Waals surface area contributed by atoms with E-state index in [-0.39, 0.29) is 0 Å². The van der Waals surface area contributed by atoms with Crippen molar-refractivity contribution in [2.75, 3.05) is 0 Å². The van der Waals surface area contributed by atoms with Crippen LogP contribution in [-0.4, -0.2) is 11.1 Å². The SMILES string of the molecule is O=C(O)c1sccc1-c1cccc(C2CCC2)c1. The third-order valence-corrected chi connectivity index (χ3v) is 4.54. The molecule has 0 aliphatic heterocycles. The van der Waals surface area contributed by atoms with Gasteiger partial charge in [-0.1, -0.05) is 30.7 Å². The molecule has 1 aromatic heterocycles. The van der Waals surface area contributed by atoms with Crippen LogP contribution >= 0.6 is 11.3 Å². The molecule has 0 saturated heterocycles. The Bertz CT molecular complexity index is 582. The van der Waals surface area contributed by atoms with Gasteiger partial charge in [-0.25, -0.2) is 4.79 Å². The maximum atomic E-state index is 11.2. The summed E-state index contributed by atoms with van der Waals surface area (Å²) >= 11 is 1.29. The van der Waals surface area contributed by atoms with Crippen LogP contribution in [0.5, 0.6) is 0 Å². The van der Waals surface area contributed by atoms with Gasteiger partial charge in [-0.2, -0.15) is 0 Å². The van der Waals surface area contributed by atoms with Gasteiger partial charge < -0.3 is 5.11 Å². The van der Waals surface area contributed by atoms with Crippen molar-refractivity contribution in [3.63, 3.8) is 0 Å². The van der Waals surface area contributed by atoms with Crippen molar-refractivity contribution in [3.05, 3.63) is 46.2 Å². The molecule has 0 spiro atoms. The Kier molecular flexibility index (Phi) is 2.92. The molecule has 18 heavy (non-hydrogen) atoms. The quantitative estimate of drug-likeness (QED) is 0.887. The maximum absolute atomic E-state index is 11.2. The van der Waals surface area contributed by atoms with Crippen LogP contribution in [0.15, 0.2) is 35.7 Å². The lowest BCUT2D eigenvalue weighted by molar-refractivity contribution is 0.0703. The molecule has 1 fully saturated rings. The van der Waals surface area contributed by atoms with Gasteiger partial charge in [0.05, 0.1) is 0 Å². The van der Waals surface area contributed by atoms with Gasteiger partial charge >= 0.3 is 5.97 Å². The van der Waals surface area contributed by atoms with E-state index in [4.69, 9.17) is 5.11 Å². The topological polar surface area (TPSA) is 37.3 Å². The third kappa shape index (κ3) is 1.95. The van der Waals surface area contributed by atoms with E-state index < -0.39 is 5.97 Å². The summed E-state index contributed by atoms with van der Waals surface area (Å²) in [5.41, 5.74) is 3.22. The van der Waals surface area contributed by atoms with Gasteiger partial charge in [0.1, 0.15) is 4.88 Å². The highest BCUT2D eigenvalue weighted by Gasteiger charge is 2.20. The number of aromatic carboxylic acids is 1. The monoisotopic (exact) mass is 258 g/mol. The summed E-state index contributed by atoms with van der Waals surface area (Å²) in [7, 11) is 0. The number of thiophene rings is 1. The summed E-state index contributed by atoms with van der Waals surface area (Å²) in [5, 5.41) is 11.0. The fraction of sp³-hybridized carbons (Fsp3) is 0.267. The molecule has 2 nitrogen and oxygen atoms in total. The van der Waals surface area contributed by atoms with E-state index in [1.807, 2.05) is 23.6 Å². The Labute approximate surface area is 110 Å². The zero-order valence-corrected chi connectivity index (χ0v) is 10.7. The van der Waals surface area contributed by atoms with Crippen molar-refractivity contribution in [3.8, 4) is 11.1 Å². The predicted molar refractivity (Wildman–Crippen MR) is 73.3 cm³/mol. The van der Waals surface area contributed by atoms with Gasteiger partial charge in [0.15, 0.2) is 0 Å². The minimum absolute atomic E-state index is 0.431. The second kappa shape index (κ2) is 4.58. The first kappa shape index (κ1) is 11.5. The Balaban J connectivity index is 2.00. The van der Waals surface area contributed by atoms with E-state index in [9.17, 15) is 4.79 Å². The van der Waals surface area contributed by atoms with Crippen LogP contribution in [0.4, 0.5) is 0 Å². The highest BCUT2D eigenvalue weighted by molar-refractivity contribution is 7.12. The molecule has 1 saturated carbocycles. The Morgan fingerprint density at radius 1 is 1.28 bits per heavy atom. The zero-order valence-electron chi connectivity index (χ0n) is 9.93. The van der Waals surface area contributed by atoms with Crippen LogP contribution in [0, 0.1) is 0 Å². The third-order valence-electron chi connectivity index (χ3n) is 3.63. The number of rotatable bonds is 3. The number of hydrogen-bond acceptors (Lipinski definition) is 2. The summed E-state index contributed by atoms with van der Waals surface area (Å²) in [6, 6.07) is 10.2. The molecule has 0 radical (unpaired) electrons. The lowest BCUT2D eigenvalue weighted by atomic mass is 9.79. The first-order valence-electron chi connectivity index (χ1n) is 6.17. The van der Waals surface area contributed by atoms with Gasteiger partial charge in [-0.3, -0.25) is 0 Å². The zero-order chi connectivity index (χ0) is 12.5. The van der Waals surface area contributed by atoms with Crippen LogP contribution < -0.4 is 0 Å².